The molecule has 0 unspecified atom stereocenters. The highest BCUT2D eigenvalue weighted by atomic mass is 15.3. The van der Waals surface area contributed by atoms with Gasteiger partial charge in [0.25, 0.3) is 0 Å². The Kier molecular flexibility index (Phi) is 4.16. The van der Waals surface area contributed by atoms with Crippen molar-refractivity contribution in [3.05, 3.63) is 29.3 Å². The Bertz CT molecular complexity index is 525. The highest BCUT2D eigenvalue weighted by Gasteiger charge is 2.10. The van der Waals surface area contributed by atoms with Gasteiger partial charge in [-0.25, -0.2) is 0 Å². The van der Waals surface area contributed by atoms with Crippen molar-refractivity contribution in [3.63, 3.8) is 0 Å². The summed E-state index contributed by atoms with van der Waals surface area (Å²) < 4.78 is 4.00. The summed E-state index contributed by atoms with van der Waals surface area (Å²) in [6.07, 6.45) is 4.19. The van der Waals surface area contributed by atoms with E-state index in [0.29, 0.717) is 12.1 Å². The zero-order valence-electron chi connectivity index (χ0n) is 13.3. The van der Waals surface area contributed by atoms with Crippen molar-refractivity contribution < 1.29 is 0 Å². The van der Waals surface area contributed by atoms with E-state index in [1.807, 2.05) is 16.3 Å². The standard InChI is InChI=1S/C15H25N5/c1-10(2)19-8-14(12(5)17-19)7-16-15-9-20(11(3)4)18-13(15)6/h8-11,16H,7H2,1-6H3. The molecule has 0 saturated heterocycles. The Morgan fingerprint density at radius 2 is 1.50 bits per heavy atom. The van der Waals surface area contributed by atoms with E-state index in [1.165, 1.54) is 5.56 Å². The number of nitrogens with zero attached hydrogens (tertiary/aromatic N) is 4. The van der Waals surface area contributed by atoms with Gasteiger partial charge in [-0.1, -0.05) is 0 Å². The molecule has 0 aliphatic rings. The van der Waals surface area contributed by atoms with Crippen molar-refractivity contribution >= 4 is 5.69 Å². The molecular weight excluding hydrogens is 250 g/mol. The third-order valence-electron chi connectivity index (χ3n) is 3.46. The van der Waals surface area contributed by atoms with Crippen molar-refractivity contribution in [2.75, 3.05) is 5.32 Å². The van der Waals surface area contributed by atoms with E-state index < -0.39 is 0 Å². The normalized spacial score (nSPS) is 11.6. The first kappa shape index (κ1) is 14.6. The van der Waals surface area contributed by atoms with E-state index in [4.69, 9.17) is 0 Å². The first-order valence-corrected chi connectivity index (χ1v) is 7.22. The molecule has 0 amide bonds. The van der Waals surface area contributed by atoms with Gasteiger partial charge in [-0.3, -0.25) is 9.36 Å². The fourth-order valence-electron chi connectivity index (χ4n) is 2.07. The molecule has 2 rings (SSSR count). The lowest BCUT2D eigenvalue weighted by Crippen LogP contribution is -2.01. The number of hydrogen-bond donors (Lipinski definition) is 1. The lowest BCUT2D eigenvalue weighted by Gasteiger charge is -2.05. The number of anilines is 1. The van der Waals surface area contributed by atoms with Crippen LogP contribution in [-0.2, 0) is 6.54 Å². The molecule has 20 heavy (non-hydrogen) atoms. The second-order valence-corrected chi connectivity index (χ2v) is 5.87. The zero-order valence-corrected chi connectivity index (χ0v) is 13.3. The molecule has 1 N–H and O–H groups in total. The molecule has 0 radical (unpaired) electrons. The number of rotatable bonds is 5. The van der Waals surface area contributed by atoms with Crippen molar-refractivity contribution in [1.82, 2.24) is 19.6 Å². The first-order valence-electron chi connectivity index (χ1n) is 7.22. The summed E-state index contributed by atoms with van der Waals surface area (Å²) in [5.41, 5.74) is 4.44. The Labute approximate surface area is 121 Å². The van der Waals surface area contributed by atoms with Crippen LogP contribution in [0.5, 0.6) is 0 Å². The van der Waals surface area contributed by atoms with Gasteiger partial charge in [0.15, 0.2) is 0 Å². The molecular formula is C15H25N5. The second-order valence-electron chi connectivity index (χ2n) is 5.87. The fourth-order valence-corrected chi connectivity index (χ4v) is 2.07. The first-order chi connectivity index (χ1) is 9.38. The molecule has 2 heterocycles. The van der Waals surface area contributed by atoms with Gasteiger partial charge in [0.05, 0.1) is 17.1 Å². The molecule has 110 valence electrons. The van der Waals surface area contributed by atoms with Gasteiger partial charge < -0.3 is 5.32 Å². The van der Waals surface area contributed by atoms with Gasteiger partial charge >= 0.3 is 0 Å². The van der Waals surface area contributed by atoms with Gasteiger partial charge in [0, 0.05) is 36.6 Å². The minimum atomic E-state index is 0.384. The van der Waals surface area contributed by atoms with E-state index in [-0.39, 0.29) is 0 Å². The predicted octanol–water partition coefficient (Wildman–Crippen LogP) is 3.47. The minimum Gasteiger partial charge on any atom is -0.378 e. The van der Waals surface area contributed by atoms with Crippen molar-refractivity contribution in [3.8, 4) is 0 Å². The topological polar surface area (TPSA) is 47.7 Å². The molecule has 0 aliphatic heterocycles. The maximum absolute atomic E-state index is 4.53. The van der Waals surface area contributed by atoms with Gasteiger partial charge in [-0.15, -0.1) is 0 Å². The number of hydrogen-bond acceptors (Lipinski definition) is 3. The summed E-state index contributed by atoms with van der Waals surface area (Å²) in [5, 5.41) is 12.5. The number of aryl methyl sites for hydroxylation is 2. The highest BCUT2D eigenvalue weighted by molar-refractivity contribution is 5.46. The van der Waals surface area contributed by atoms with Crippen molar-refractivity contribution in [2.24, 2.45) is 0 Å². The molecule has 0 spiro atoms. The summed E-state index contributed by atoms with van der Waals surface area (Å²) in [4.78, 5) is 0. The highest BCUT2D eigenvalue weighted by Crippen LogP contribution is 2.18. The van der Waals surface area contributed by atoms with Gasteiger partial charge in [0.2, 0.25) is 0 Å². The third-order valence-corrected chi connectivity index (χ3v) is 3.46. The van der Waals surface area contributed by atoms with Gasteiger partial charge in [-0.2, -0.15) is 10.2 Å². The molecule has 5 heteroatoms. The van der Waals surface area contributed by atoms with Crippen molar-refractivity contribution in [1.29, 1.82) is 0 Å². The SMILES string of the molecule is Cc1nn(C(C)C)cc1CNc1cn(C(C)C)nc1C. The molecule has 0 aromatic carbocycles. The summed E-state index contributed by atoms with van der Waals surface area (Å²) in [5.74, 6) is 0. The maximum Gasteiger partial charge on any atom is 0.0825 e. The van der Waals surface area contributed by atoms with Crippen LogP contribution in [0, 0.1) is 13.8 Å². The van der Waals surface area contributed by atoms with Gasteiger partial charge in [0.1, 0.15) is 0 Å². The zero-order chi connectivity index (χ0) is 14.9. The number of aromatic nitrogens is 4. The van der Waals surface area contributed by atoms with Crippen LogP contribution < -0.4 is 5.32 Å². The smallest absolute Gasteiger partial charge is 0.0825 e. The third kappa shape index (κ3) is 3.03. The van der Waals surface area contributed by atoms with Gasteiger partial charge in [-0.05, 0) is 41.5 Å². The molecule has 0 atom stereocenters. The molecule has 2 aromatic rings. The van der Waals surface area contributed by atoms with Crippen LogP contribution in [0.3, 0.4) is 0 Å². The van der Waals surface area contributed by atoms with Crippen molar-refractivity contribution in [2.45, 2.75) is 60.2 Å². The van der Waals surface area contributed by atoms with Crippen LogP contribution in [-0.4, -0.2) is 19.6 Å². The van der Waals surface area contributed by atoms with E-state index in [0.717, 1.165) is 23.6 Å². The Morgan fingerprint density at radius 3 is 2.00 bits per heavy atom. The Balaban J connectivity index is 2.09. The minimum absolute atomic E-state index is 0.384. The summed E-state index contributed by atoms with van der Waals surface area (Å²) in [6, 6.07) is 0.780. The average Bonchev–Trinajstić information content (AvgIpc) is 2.91. The van der Waals surface area contributed by atoms with E-state index >= 15 is 0 Å². The van der Waals surface area contributed by atoms with E-state index in [2.05, 4.69) is 62.5 Å². The van der Waals surface area contributed by atoms with Crippen LogP contribution in [0.1, 0.15) is 56.7 Å². The fraction of sp³-hybridized carbons (Fsp3) is 0.600. The molecule has 0 aliphatic carbocycles. The molecule has 0 fully saturated rings. The lowest BCUT2D eigenvalue weighted by molar-refractivity contribution is 0.529. The summed E-state index contributed by atoms with van der Waals surface area (Å²) in [6.45, 7) is 13.4. The monoisotopic (exact) mass is 275 g/mol. The van der Waals surface area contributed by atoms with E-state index in [9.17, 15) is 0 Å². The van der Waals surface area contributed by atoms with Crippen LogP contribution in [0.15, 0.2) is 12.4 Å². The molecule has 0 bridgehead atoms. The van der Waals surface area contributed by atoms with Crippen LogP contribution in [0.2, 0.25) is 0 Å². The predicted molar refractivity (Wildman–Crippen MR) is 82.0 cm³/mol. The molecule has 2 aromatic heterocycles. The average molecular weight is 275 g/mol. The molecule has 5 nitrogen and oxygen atoms in total. The Hall–Kier alpha value is -1.78. The maximum atomic E-state index is 4.53. The second kappa shape index (κ2) is 5.69. The largest absolute Gasteiger partial charge is 0.378 e. The lowest BCUT2D eigenvalue weighted by atomic mass is 10.2. The van der Waals surface area contributed by atoms with Crippen LogP contribution >= 0.6 is 0 Å². The summed E-state index contributed by atoms with van der Waals surface area (Å²) >= 11 is 0. The van der Waals surface area contributed by atoms with Crippen LogP contribution in [0.4, 0.5) is 5.69 Å². The Morgan fingerprint density at radius 1 is 0.950 bits per heavy atom. The van der Waals surface area contributed by atoms with Crippen LogP contribution in [0.25, 0.3) is 0 Å². The number of nitrogens with one attached hydrogen (secondary N) is 1. The molecule has 0 saturated carbocycles. The van der Waals surface area contributed by atoms with E-state index in [1.54, 1.807) is 0 Å². The summed E-state index contributed by atoms with van der Waals surface area (Å²) in [7, 11) is 0. The quantitative estimate of drug-likeness (QED) is 0.909.